The van der Waals surface area contributed by atoms with Crippen LogP contribution in [0.25, 0.3) is 10.6 Å². The first-order valence-corrected chi connectivity index (χ1v) is 10.2. The molecule has 0 aliphatic heterocycles. The molecule has 1 aromatic heterocycles. The van der Waals surface area contributed by atoms with Gasteiger partial charge in [0.05, 0.1) is 17.6 Å². The Bertz CT molecular complexity index is 1110. The molecule has 1 amide bonds. The lowest BCUT2D eigenvalue weighted by atomic mass is 10.2. The number of anilines is 1. The first-order valence-electron chi connectivity index (χ1n) is 9.28. The van der Waals surface area contributed by atoms with Gasteiger partial charge >= 0.3 is 5.97 Å². The first-order chi connectivity index (χ1) is 14.9. The Hall–Kier alpha value is -3.79. The van der Waals surface area contributed by atoms with Crippen molar-refractivity contribution in [3.63, 3.8) is 0 Å². The third kappa shape index (κ3) is 5.64. The van der Waals surface area contributed by atoms with Crippen molar-refractivity contribution in [1.82, 2.24) is 4.98 Å². The number of carbonyl (C=O) groups excluding carboxylic acids is 2. The lowest BCUT2D eigenvalue weighted by Gasteiger charge is -2.08. The number of hydrogen-bond acceptors (Lipinski definition) is 8. The Kier molecular flexibility index (Phi) is 6.93. The van der Waals surface area contributed by atoms with Gasteiger partial charge in [0.2, 0.25) is 0 Å². The second-order valence-corrected chi connectivity index (χ2v) is 7.26. The van der Waals surface area contributed by atoms with E-state index in [0.29, 0.717) is 17.4 Å². The highest BCUT2D eigenvalue weighted by Gasteiger charge is 2.19. The van der Waals surface area contributed by atoms with Gasteiger partial charge in [0.1, 0.15) is 16.4 Å². The van der Waals surface area contributed by atoms with Crippen molar-refractivity contribution in [2.75, 3.05) is 18.5 Å². The highest BCUT2D eigenvalue weighted by molar-refractivity contribution is 7.13. The molecule has 2 aromatic carbocycles. The SMILES string of the molecule is CCOc1ccc(NC(=O)COC(=O)c2csc(-c3ccc(C)cc3)n2)c([N+](=O)[O-])c1. The number of carbonyl (C=O) groups is 2. The molecule has 0 atom stereocenters. The maximum absolute atomic E-state index is 12.2. The van der Waals surface area contributed by atoms with Crippen molar-refractivity contribution in [2.24, 2.45) is 0 Å². The monoisotopic (exact) mass is 441 g/mol. The number of esters is 1. The summed E-state index contributed by atoms with van der Waals surface area (Å²) >= 11 is 1.28. The fourth-order valence-corrected chi connectivity index (χ4v) is 3.41. The highest BCUT2D eigenvalue weighted by Crippen LogP contribution is 2.29. The number of nitro groups is 1. The van der Waals surface area contributed by atoms with Crippen LogP contribution in [-0.4, -0.2) is 35.0 Å². The van der Waals surface area contributed by atoms with Crippen LogP contribution in [0.2, 0.25) is 0 Å². The summed E-state index contributed by atoms with van der Waals surface area (Å²) < 4.78 is 10.2. The van der Waals surface area contributed by atoms with Gasteiger partial charge in [-0.1, -0.05) is 29.8 Å². The summed E-state index contributed by atoms with van der Waals surface area (Å²) in [6.45, 7) is 3.46. The molecule has 10 heteroatoms. The van der Waals surface area contributed by atoms with Crippen molar-refractivity contribution in [1.29, 1.82) is 0 Å². The number of thiazole rings is 1. The molecule has 3 rings (SSSR count). The van der Waals surface area contributed by atoms with Gasteiger partial charge in [-0.2, -0.15) is 0 Å². The molecule has 0 saturated carbocycles. The van der Waals surface area contributed by atoms with Gasteiger partial charge in [0.15, 0.2) is 12.3 Å². The fraction of sp³-hybridized carbons (Fsp3) is 0.190. The number of nitro benzene ring substituents is 1. The third-order valence-corrected chi connectivity index (χ3v) is 4.99. The Balaban J connectivity index is 1.60. The van der Waals surface area contributed by atoms with Crippen LogP contribution < -0.4 is 10.1 Å². The van der Waals surface area contributed by atoms with E-state index in [-0.39, 0.29) is 17.1 Å². The molecule has 0 aliphatic carbocycles. The molecular formula is C21H19N3O6S. The number of amides is 1. The maximum Gasteiger partial charge on any atom is 0.358 e. The molecule has 0 unspecified atom stereocenters. The number of aryl methyl sites for hydroxylation is 1. The minimum atomic E-state index is -0.758. The number of rotatable bonds is 8. The van der Waals surface area contributed by atoms with Crippen molar-refractivity contribution < 1.29 is 24.0 Å². The van der Waals surface area contributed by atoms with Gasteiger partial charge in [0.25, 0.3) is 11.6 Å². The van der Waals surface area contributed by atoms with E-state index in [0.717, 1.165) is 11.1 Å². The lowest BCUT2D eigenvalue weighted by Crippen LogP contribution is -2.21. The Morgan fingerprint density at radius 1 is 1.19 bits per heavy atom. The summed E-state index contributed by atoms with van der Waals surface area (Å²) in [6, 6.07) is 11.8. The maximum atomic E-state index is 12.2. The zero-order valence-electron chi connectivity index (χ0n) is 16.8. The lowest BCUT2D eigenvalue weighted by molar-refractivity contribution is -0.384. The predicted octanol–water partition coefficient (Wildman–Crippen LogP) is 4.22. The molecule has 1 heterocycles. The van der Waals surface area contributed by atoms with E-state index < -0.39 is 23.4 Å². The van der Waals surface area contributed by atoms with Crippen LogP contribution in [0.5, 0.6) is 5.75 Å². The van der Waals surface area contributed by atoms with E-state index in [1.54, 1.807) is 12.3 Å². The van der Waals surface area contributed by atoms with Crippen LogP contribution in [-0.2, 0) is 9.53 Å². The molecular weight excluding hydrogens is 422 g/mol. The summed E-state index contributed by atoms with van der Waals surface area (Å²) in [6.07, 6.45) is 0. The van der Waals surface area contributed by atoms with Crippen molar-refractivity contribution in [3.8, 4) is 16.3 Å². The normalized spacial score (nSPS) is 10.4. The average molecular weight is 441 g/mol. The third-order valence-electron chi connectivity index (χ3n) is 4.10. The summed E-state index contributed by atoms with van der Waals surface area (Å²) in [5, 5.41) is 15.8. The van der Waals surface area contributed by atoms with Gasteiger partial charge in [-0.25, -0.2) is 9.78 Å². The van der Waals surface area contributed by atoms with Crippen LogP contribution in [0.4, 0.5) is 11.4 Å². The van der Waals surface area contributed by atoms with Crippen LogP contribution in [0.15, 0.2) is 47.8 Å². The van der Waals surface area contributed by atoms with E-state index in [2.05, 4.69) is 10.3 Å². The minimum absolute atomic E-state index is 0.0233. The number of nitrogens with zero attached hydrogens (tertiary/aromatic N) is 2. The molecule has 160 valence electrons. The standard InChI is InChI=1S/C21H19N3O6S/c1-3-29-15-8-9-16(18(10-15)24(27)28)22-19(25)11-30-21(26)17-12-31-20(23-17)14-6-4-13(2)5-7-14/h4-10,12H,3,11H2,1-2H3,(H,22,25). The number of benzene rings is 2. The van der Waals surface area contributed by atoms with Crippen molar-refractivity contribution in [2.45, 2.75) is 13.8 Å². The van der Waals surface area contributed by atoms with Gasteiger partial charge in [-0.3, -0.25) is 14.9 Å². The summed E-state index contributed by atoms with van der Waals surface area (Å²) in [7, 11) is 0. The molecule has 0 saturated heterocycles. The predicted molar refractivity (Wildman–Crippen MR) is 115 cm³/mol. The second-order valence-electron chi connectivity index (χ2n) is 6.40. The molecule has 0 aliphatic rings. The van der Waals surface area contributed by atoms with E-state index in [4.69, 9.17) is 9.47 Å². The van der Waals surface area contributed by atoms with Crippen LogP contribution >= 0.6 is 11.3 Å². The van der Waals surface area contributed by atoms with Crippen LogP contribution in [0.1, 0.15) is 23.0 Å². The van der Waals surface area contributed by atoms with E-state index in [1.165, 1.54) is 29.5 Å². The van der Waals surface area contributed by atoms with E-state index in [1.807, 2.05) is 31.2 Å². The smallest absolute Gasteiger partial charge is 0.358 e. The Morgan fingerprint density at radius 3 is 2.61 bits per heavy atom. The fourth-order valence-electron chi connectivity index (χ4n) is 2.61. The molecule has 1 N–H and O–H groups in total. The Morgan fingerprint density at radius 2 is 1.94 bits per heavy atom. The zero-order chi connectivity index (χ0) is 22.4. The van der Waals surface area contributed by atoms with Crippen molar-refractivity contribution >= 4 is 34.6 Å². The van der Waals surface area contributed by atoms with E-state index in [9.17, 15) is 19.7 Å². The number of aromatic nitrogens is 1. The average Bonchev–Trinajstić information content (AvgIpc) is 3.24. The van der Waals surface area contributed by atoms with Gasteiger partial charge in [-0.05, 0) is 26.0 Å². The molecule has 0 bridgehead atoms. The minimum Gasteiger partial charge on any atom is -0.494 e. The van der Waals surface area contributed by atoms with Gasteiger partial charge < -0.3 is 14.8 Å². The summed E-state index contributed by atoms with van der Waals surface area (Å²) in [4.78, 5) is 39.2. The number of nitrogens with one attached hydrogen (secondary N) is 1. The zero-order valence-corrected chi connectivity index (χ0v) is 17.6. The number of ether oxygens (including phenoxy) is 2. The van der Waals surface area contributed by atoms with Gasteiger partial charge in [-0.15, -0.1) is 11.3 Å². The van der Waals surface area contributed by atoms with Gasteiger partial charge in [0, 0.05) is 10.9 Å². The molecule has 0 radical (unpaired) electrons. The molecule has 9 nitrogen and oxygen atoms in total. The second kappa shape index (κ2) is 9.81. The van der Waals surface area contributed by atoms with Crippen LogP contribution in [0.3, 0.4) is 0 Å². The molecule has 31 heavy (non-hydrogen) atoms. The first kappa shape index (κ1) is 21.9. The van der Waals surface area contributed by atoms with E-state index >= 15 is 0 Å². The largest absolute Gasteiger partial charge is 0.494 e. The number of hydrogen-bond donors (Lipinski definition) is 1. The van der Waals surface area contributed by atoms with Crippen LogP contribution in [0, 0.1) is 17.0 Å². The topological polar surface area (TPSA) is 121 Å². The van der Waals surface area contributed by atoms with Crippen molar-refractivity contribution in [3.05, 3.63) is 69.2 Å². The molecule has 0 spiro atoms. The molecule has 0 fully saturated rings. The highest BCUT2D eigenvalue weighted by atomic mass is 32.1. The summed E-state index contributed by atoms with van der Waals surface area (Å²) in [5.74, 6) is -1.16. The quantitative estimate of drug-likeness (QED) is 0.316. The Labute approximate surface area is 181 Å². The molecule has 3 aromatic rings. The summed E-state index contributed by atoms with van der Waals surface area (Å²) in [5.41, 5.74) is 1.71.